The van der Waals surface area contributed by atoms with Crippen molar-refractivity contribution >= 4 is 19.5 Å². The predicted octanol–water partition coefficient (Wildman–Crippen LogP) is -0.949. The molecule has 3 nitrogen and oxygen atoms in total. The van der Waals surface area contributed by atoms with Gasteiger partial charge in [-0.25, -0.2) is 4.98 Å². The molecule has 0 spiro atoms. The van der Waals surface area contributed by atoms with E-state index in [2.05, 4.69) is 9.40 Å². The fourth-order valence-corrected chi connectivity index (χ4v) is 0.301. The second-order valence-electron chi connectivity index (χ2n) is 1.10. The van der Waals surface area contributed by atoms with Crippen molar-refractivity contribution < 1.29 is 4.42 Å². The average molecular weight is 93.9 g/mol. The Kier molecular flexibility index (Phi) is 0.783. The summed E-state index contributed by atoms with van der Waals surface area (Å²) < 4.78 is 4.53. The lowest BCUT2D eigenvalue weighted by molar-refractivity contribution is 0.616. The third-order valence-corrected chi connectivity index (χ3v) is 0.541. The number of hydrogen-bond donors (Lipinski definition) is 1. The molecule has 0 saturated carbocycles. The van der Waals surface area contributed by atoms with Crippen LogP contribution in [0.2, 0.25) is 0 Å². The van der Waals surface area contributed by atoms with Crippen LogP contribution in [0.5, 0.6) is 0 Å². The van der Waals surface area contributed by atoms with E-state index >= 15 is 0 Å². The molecular weight excluding hydrogens is 90.9 g/mol. The molecular formula is C3H3BN2O. The van der Waals surface area contributed by atoms with Crippen LogP contribution in [0.1, 0.15) is 0 Å². The summed E-state index contributed by atoms with van der Waals surface area (Å²) in [6, 6.07) is 0. The standard InChI is InChI=1S/C3H3BN2O/c4-3-6-1-2(5)7-3/h1H,5H2. The van der Waals surface area contributed by atoms with Gasteiger partial charge in [-0.05, 0) is 0 Å². The van der Waals surface area contributed by atoms with Crippen molar-refractivity contribution in [2.45, 2.75) is 0 Å². The van der Waals surface area contributed by atoms with Gasteiger partial charge in [0, 0.05) is 0 Å². The number of oxazole rings is 1. The van der Waals surface area contributed by atoms with Crippen LogP contribution in [0, 0.1) is 0 Å². The smallest absolute Gasteiger partial charge is 0.209 e. The molecule has 0 aliphatic heterocycles. The monoisotopic (exact) mass is 94.0 g/mol. The van der Waals surface area contributed by atoms with Gasteiger partial charge in [-0.2, -0.15) is 0 Å². The van der Waals surface area contributed by atoms with Crippen molar-refractivity contribution in [2.24, 2.45) is 0 Å². The highest BCUT2D eigenvalue weighted by Gasteiger charge is 1.87. The van der Waals surface area contributed by atoms with E-state index in [0.29, 0.717) is 0 Å². The van der Waals surface area contributed by atoms with Gasteiger partial charge in [0.15, 0.2) is 7.85 Å². The van der Waals surface area contributed by atoms with Crippen LogP contribution in [-0.4, -0.2) is 12.8 Å². The first-order valence-corrected chi connectivity index (χ1v) is 1.76. The van der Waals surface area contributed by atoms with E-state index in [-0.39, 0.29) is 11.7 Å². The number of nitrogens with zero attached hydrogens (tertiary/aromatic N) is 1. The van der Waals surface area contributed by atoms with Gasteiger partial charge in [-0.15, -0.1) is 0 Å². The minimum absolute atomic E-state index is 0.109. The quantitative estimate of drug-likeness (QED) is 0.421. The lowest BCUT2D eigenvalue weighted by atomic mass is 10.2. The van der Waals surface area contributed by atoms with Gasteiger partial charge in [0.1, 0.15) is 5.79 Å². The number of aromatic nitrogens is 1. The maximum atomic E-state index is 5.07. The Bertz CT molecular complexity index is 145. The topological polar surface area (TPSA) is 52.0 Å². The average Bonchev–Trinajstić information content (AvgIpc) is 1.87. The zero-order valence-electron chi connectivity index (χ0n) is 3.59. The fraction of sp³-hybridized carbons (Fsp3) is 0. The van der Waals surface area contributed by atoms with E-state index < -0.39 is 0 Å². The second-order valence-corrected chi connectivity index (χ2v) is 1.10. The second kappa shape index (κ2) is 1.29. The van der Waals surface area contributed by atoms with Crippen LogP contribution < -0.4 is 11.5 Å². The summed E-state index contributed by atoms with van der Waals surface area (Å²) in [5, 5.41) is 0. The molecule has 2 N–H and O–H groups in total. The van der Waals surface area contributed by atoms with Gasteiger partial charge in [0.05, 0.1) is 6.20 Å². The van der Waals surface area contributed by atoms with E-state index in [4.69, 9.17) is 13.6 Å². The summed E-state index contributed by atoms with van der Waals surface area (Å²) >= 11 is 0. The summed E-state index contributed by atoms with van der Waals surface area (Å²) in [5.41, 5.74) is 5.07. The third-order valence-electron chi connectivity index (χ3n) is 0.541. The summed E-state index contributed by atoms with van der Waals surface area (Å²) in [4.78, 5) is 3.50. The molecule has 2 radical (unpaired) electrons. The normalized spacial score (nSPS) is 9.14. The van der Waals surface area contributed by atoms with Crippen LogP contribution in [0.25, 0.3) is 0 Å². The number of anilines is 1. The van der Waals surface area contributed by atoms with E-state index in [0.717, 1.165) is 0 Å². The molecule has 0 fully saturated rings. The van der Waals surface area contributed by atoms with Gasteiger partial charge in [-0.3, -0.25) is 0 Å². The van der Waals surface area contributed by atoms with Crippen LogP contribution >= 0.6 is 0 Å². The molecule has 4 heteroatoms. The molecule has 0 amide bonds. The summed E-state index contributed by atoms with van der Waals surface area (Å²) in [7, 11) is 5.02. The van der Waals surface area contributed by atoms with Crippen molar-refractivity contribution in [1.82, 2.24) is 4.98 Å². The molecule has 0 aromatic carbocycles. The minimum atomic E-state index is 0.109. The highest BCUT2D eigenvalue weighted by atomic mass is 16.4. The Morgan fingerprint density at radius 2 is 2.57 bits per heavy atom. The number of nitrogen functional groups attached to an aromatic ring is 1. The maximum absolute atomic E-state index is 5.07. The Hall–Kier alpha value is -0.925. The molecule has 1 heterocycles. The zero-order chi connectivity index (χ0) is 5.28. The molecule has 34 valence electrons. The molecule has 0 aliphatic carbocycles. The SMILES string of the molecule is [B]c1ncc(N)o1. The first-order chi connectivity index (χ1) is 3.29. The summed E-state index contributed by atoms with van der Waals surface area (Å²) in [6.45, 7) is 0. The van der Waals surface area contributed by atoms with Crippen LogP contribution in [0.15, 0.2) is 10.6 Å². The molecule has 1 rings (SSSR count). The lowest BCUT2D eigenvalue weighted by Crippen LogP contribution is -1.99. The predicted molar refractivity (Wildman–Crippen MR) is 26.3 cm³/mol. The minimum Gasteiger partial charge on any atom is -0.437 e. The van der Waals surface area contributed by atoms with E-state index in [1.165, 1.54) is 6.20 Å². The van der Waals surface area contributed by atoms with Gasteiger partial charge >= 0.3 is 0 Å². The first kappa shape index (κ1) is 4.24. The maximum Gasteiger partial charge on any atom is 0.209 e. The Labute approximate surface area is 41.9 Å². The molecule has 0 aliphatic rings. The van der Waals surface area contributed by atoms with Crippen molar-refractivity contribution in [2.75, 3.05) is 5.73 Å². The van der Waals surface area contributed by atoms with Crippen molar-refractivity contribution in [1.29, 1.82) is 0 Å². The Morgan fingerprint density at radius 3 is 2.71 bits per heavy atom. The molecule has 1 aromatic heterocycles. The highest BCUT2D eigenvalue weighted by Crippen LogP contribution is 1.90. The summed E-state index contributed by atoms with van der Waals surface area (Å²) in [6.07, 6.45) is 1.36. The Morgan fingerprint density at radius 1 is 1.86 bits per heavy atom. The van der Waals surface area contributed by atoms with Gasteiger partial charge in [0.2, 0.25) is 5.88 Å². The van der Waals surface area contributed by atoms with Crippen molar-refractivity contribution in [3.63, 3.8) is 0 Å². The number of rotatable bonds is 0. The third kappa shape index (κ3) is 0.736. The van der Waals surface area contributed by atoms with Crippen LogP contribution in [-0.2, 0) is 0 Å². The van der Waals surface area contributed by atoms with Crippen molar-refractivity contribution in [3.8, 4) is 0 Å². The molecule has 0 saturated heterocycles. The molecule has 1 aromatic rings. The molecule has 0 unspecified atom stereocenters. The van der Waals surface area contributed by atoms with Gasteiger partial charge in [-0.1, -0.05) is 0 Å². The molecule has 0 bridgehead atoms. The van der Waals surface area contributed by atoms with E-state index in [1.807, 2.05) is 0 Å². The van der Waals surface area contributed by atoms with Gasteiger partial charge in [0.25, 0.3) is 0 Å². The fourth-order valence-electron chi connectivity index (χ4n) is 0.301. The first-order valence-electron chi connectivity index (χ1n) is 1.76. The highest BCUT2D eigenvalue weighted by molar-refractivity contribution is 6.28. The van der Waals surface area contributed by atoms with Gasteiger partial charge < -0.3 is 10.2 Å². The number of hydrogen-bond acceptors (Lipinski definition) is 3. The summed E-state index contributed by atoms with van der Waals surface area (Å²) in [5.74, 6) is 0.356. The number of nitrogens with two attached hydrogens (primary N) is 1. The van der Waals surface area contributed by atoms with E-state index in [9.17, 15) is 0 Å². The molecule has 0 atom stereocenters. The van der Waals surface area contributed by atoms with E-state index in [1.54, 1.807) is 0 Å². The lowest BCUT2D eigenvalue weighted by Gasteiger charge is -1.74. The largest absolute Gasteiger partial charge is 0.437 e. The zero-order valence-corrected chi connectivity index (χ0v) is 3.59. The van der Waals surface area contributed by atoms with Crippen LogP contribution in [0.4, 0.5) is 5.88 Å². The Balaban J connectivity index is 3.04. The molecule has 7 heavy (non-hydrogen) atoms. The van der Waals surface area contributed by atoms with Crippen LogP contribution in [0.3, 0.4) is 0 Å². The van der Waals surface area contributed by atoms with Crippen molar-refractivity contribution in [3.05, 3.63) is 6.20 Å².